The van der Waals surface area contributed by atoms with Crippen LogP contribution in [0.1, 0.15) is 25.0 Å². The lowest BCUT2D eigenvalue weighted by Gasteiger charge is -2.24. The van der Waals surface area contributed by atoms with Gasteiger partial charge in [-0.05, 0) is 42.2 Å². The molecule has 2 atom stereocenters. The molecule has 2 unspecified atom stereocenters. The fourth-order valence-corrected chi connectivity index (χ4v) is 5.86. The van der Waals surface area contributed by atoms with E-state index in [4.69, 9.17) is 16.0 Å². The molecule has 0 amide bonds. The van der Waals surface area contributed by atoms with Gasteiger partial charge in [-0.25, -0.2) is 8.42 Å². The highest BCUT2D eigenvalue weighted by molar-refractivity contribution is 9.10. The molecule has 3 rings (SSSR count). The monoisotopic (exact) mass is 396 g/mol. The van der Waals surface area contributed by atoms with E-state index in [0.717, 1.165) is 12.8 Å². The Bertz CT molecular complexity index is 633. The maximum absolute atomic E-state index is 12.8. The normalized spacial score (nSPS) is 28.0. The third kappa shape index (κ3) is 2.79. The first-order valence-corrected chi connectivity index (χ1v) is 9.76. The van der Waals surface area contributed by atoms with Crippen LogP contribution in [0.3, 0.4) is 0 Å². The molecule has 1 aromatic rings. The number of furan rings is 1. The Morgan fingerprint density at radius 1 is 1.38 bits per heavy atom. The van der Waals surface area contributed by atoms with Gasteiger partial charge in [0.1, 0.15) is 10.7 Å². The molecule has 3 heterocycles. The van der Waals surface area contributed by atoms with E-state index < -0.39 is 10.0 Å². The van der Waals surface area contributed by atoms with Crippen LogP contribution in [0.15, 0.2) is 20.0 Å². The fraction of sp³-hybridized carbons (Fsp3) is 0.692. The highest BCUT2D eigenvalue weighted by atomic mass is 79.9. The van der Waals surface area contributed by atoms with Crippen molar-refractivity contribution in [3.05, 3.63) is 16.5 Å². The largest absolute Gasteiger partial charge is 0.452 e. The minimum Gasteiger partial charge on any atom is -0.452 e. The Morgan fingerprint density at radius 3 is 2.76 bits per heavy atom. The predicted molar refractivity (Wildman–Crippen MR) is 83.9 cm³/mol. The summed E-state index contributed by atoms with van der Waals surface area (Å²) < 4.78 is 32.8. The number of likely N-dealkylation sites (N-methyl/N-ethyl adjacent to an activating group) is 1. The molecule has 0 N–H and O–H groups in total. The molecule has 118 valence electrons. The average Bonchev–Trinajstić information content (AvgIpc) is 2.90. The highest BCUT2D eigenvalue weighted by Crippen LogP contribution is 2.34. The van der Waals surface area contributed by atoms with Crippen molar-refractivity contribution in [3.8, 4) is 0 Å². The van der Waals surface area contributed by atoms with Crippen molar-refractivity contribution in [3.63, 3.8) is 0 Å². The Hall–Kier alpha value is -0.0800. The van der Waals surface area contributed by atoms with Gasteiger partial charge < -0.3 is 4.42 Å². The third-order valence-corrected chi connectivity index (χ3v) is 7.55. The molecule has 1 aromatic heterocycles. The topological polar surface area (TPSA) is 53.8 Å². The zero-order valence-corrected chi connectivity index (χ0v) is 14.9. The first kappa shape index (κ1) is 15.8. The van der Waals surface area contributed by atoms with E-state index in [-0.39, 0.29) is 15.4 Å². The first-order chi connectivity index (χ1) is 9.93. The summed E-state index contributed by atoms with van der Waals surface area (Å²) in [5, 5.41) is 0. The molecule has 0 radical (unpaired) electrons. The number of rotatable bonds is 3. The van der Waals surface area contributed by atoms with Crippen molar-refractivity contribution in [2.45, 2.75) is 42.1 Å². The van der Waals surface area contributed by atoms with Gasteiger partial charge in [-0.1, -0.05) is 0 Å². The summed E-state index contributed by atoms with van der Waals surface area (Å²) in [6, 6.07) is 2.33. The van der Waals surface area contributed by atoms with Crippen LogP contribution in [0.2, 0.25) is 0 Å². The molecule has 2 fully saturated rings. The molecular weight excluding hydrogens is 380 g/mol. The summed E-state index contributed by atoms with van der Waals surface area (Å²) in [5.74, 6) is 0.609. The summed E-state index contributed by atoms with van der Waals surface area (Å²) in [6.45, 7) is 1.10. The Balaban J connectivity index is 1.89. The molecule has 0 saturated carbocycles. The number of nitrogens with zero attached hydrogens (tertiary/aromatic N) is 2. The van der Waals surface area contributed by atoms with E-state index in [1.807, 2.05) is 0 Å². The van der Waals surface area contributed by atoms with Crippen LogP contribution < -0.4 is 0 Å². The van der Waals surface area contributed by atoms with Gasteiger partial charge in [0.25, 0.3) is 0 Å². The molecule has 21 heavy (non-hydrogen) atoms. The zero-order valence-electron chi connectivity index (χ0n) is 11.8. The second-order valence-electron chi connectivity index (χ2n) is 5.69. The minimum atomic E-state index is -3.54. The van der Waals surface area contributed by atoms with E-state index in [9.17, 15) is 8.42 Å². The fourth-order valence-electron chi connectivity index (χ4n) is 3.27. The average molecular weight is 398 g/mol. The van der Waals surface area contributed by atoms with Gasteiger partial charge in [0.15, 0.2) is 4.67 Å². The molecule has 2 saturated heterocycles. The molecule has 0 aromatic carbocycles. The standard InChI is InChI=1S/C13H18BrClN2O3S/c1-16-9-2-3-10(16)8-17(5-4-9)21(18,19)12-6-11(7-15)20-13(12)14/h6,9-10H,2-5,7-8H2,1H3. The maximum Gasteiger partial charge on any atom is 0.247 e. The molecule has 0 aliphatic carbocycles. The minimum absolute atomic E-state index is 0.154. The van der Waals surface area contributed by atoms with Gasteiger partial charge >= 0.3 is 0 Å². The number of hydrogen-bond acceptors (Lipinski definition) is 4. The molecule has 2 aliphatic heterocycles. The summed E-state index contributed by atoms with van der Waals surface area (Å²) in [5.41, 5.74) is 0. The summed E-state index contributed by atoms with van der Waals surface area (Å²) in [6.07, 6.45) is 3.11. The smallest absolute Gasteiger partial charge is 0.247 e. The van der Waals surface area contributed by atoms with Crippen molar-refractivity contribution in [2.75, 3.05) is 20.1 Å². The van der Waals surface area contributed by atoms with Gasteiger partial charge in [-0.15, -0.1) is 11.6 Å². The van der Waals surface area contributed by atoms with Crippen LogP contribution in [0, 0.1) is 0 Å². The molecule has 0 spiro atoms. The number of alkyl halides is 1. The van der Waals surface area contributed by atoms with Gasteiger partial charge in [0.05, 0.1) is 5.88 Å². The number of hydrogen-bond donors (Lipinski definition) is 0. The lowest BCUT2D eigenvalue weighted by molar-refractivity contribution is 0.246. The van der Waals surface area contributed by atoms with Crippen LogP contribution >= 0.6 is 27.5 Å². The van der Waals surface area contributed by atoms with E-state index in [1.54, 1.807) is 4.31 Å². The van der Waals surface area contributed by atoms with E-state index in [2.05, 4.69) is 27.9 Å². The van der Waals surface area contributed by atoms with Crippen LogP contribution in [0.25, 0.3) is 0 Å². The summed E-state index contributed by atoms with van der Waals surface area (Å²) in [4.78, 5) is 2.50. The van der Waals surface area contributed by atoms with Crippen molar-refractivity contribution in [2.24, 2.45) is 0 Å². The predicted octanol–water partition coefficient (Wildman–Crippen LogP) is 2.64. The Labute approximate surface area is 138 Å². The maximum atomic E-state index is 12.8. The molecule has 2 aliphatic rings. The molecular formula is C13H18BrClN2O3S. The lowest BCUT2D eigenvalue weighted by Crippen LogP contribution is -2.39. The number of fused-ring (bicyclic) bond motifs is 2. The number of halogens is 2. The van der Waals surface area contributed by atoms with Crippen LogP contribution in [-0.2, 0) is 15.9 Å². The zero-order chi connectivity index (χ0) is 15.2. The summed E-state index contributed by atoms with van der Waals surface area (Å²) in [7, 11) is -1.45. The van der Waals surface area contributed by atoms with E-state index in [0.29, 0.717) is 30.9 Å². The van der Waals surface area contributed by atoms with E-state index >= 15 is 0 Å². The van der Waals surface area contributed by atoms with Gasteiger partial charge in [-0.3, -0.25) is 4.90 Å². The van der Waals surface area contributed by atoms with Crippen LogP contribution in [0.4, 0.5) is 0 Å². The molecule has 2 bridgehead atoms. The number of sulfonamides is 1. The Morgan fingerprint density at radius 2 is 2.10 bits per heavy atom. The lowest BCUT2D eigenvalue weighted by atomic mass is 10.1. The Kier molecular flexibility index (Phi) is 4.40. The van der Waals surface area contributed by atoms with Crippen molar-refractivity contribution in [1.29, 1.82) is 0 Å². The third-order valence-electron chi connectivity index (χ3n) is 4.57. The van der Waals surface area contributed by atoms with Crippen LogP contribution in [-0.4, -0.2) is 49.8 Å². The second-order valence-corrected chi connectivity index (χ2v) is 8.58. The van der Waals surface area contributed by atoms with Gasteiger partial charge in [0.2, 0.25) is 10.0 Å². The highest BCUT2D eigenvalue weighted by Gasteiger charge is 2.39. The molecule has 8 heteroatoms. The first-order valence-electron chi connectivity index (χ1n) is 6.99. The van der Waals surface area contributed by atoms with Gasteiger partial charge in [0, 0.05) is 31.2 Å². The summed E-state index contributed by atoms with van der Waals surface area (Å²) >= 11 is 8.91. The second kappa shape index (κ2) is 5.85. The van der Waals surface area contributed by atoms with Gasteiger partial charge in [-0.2, -0.15) is 4.31 Å². The SMILES string of the molecule is CN1C2CCC1CN(S(=O)(=O)c1cc(CCl)oc1Br)CC2. The van der Waals surface area contributed by atoms with Crippen molar-refractivity contribution in [1.82, 2.24) is 9.21 Å². The van der Waals surface area contributed by atoms with Crippen LogP contribution in [0.5, 0.6) is 0 Å². The van der Waals surface area contributed by atoms with Crippen molar-refractivity contribution < 1.29 is 12.8 Å². The molecule has 5 nitrogen and oxygen atoms in total. The quantitative estimate of drug-likeness (QED) is 0.736. The van der Waals surface area contributed by atoms with Crippen molar-refractivity contribution >= 4 is 37.6 Å². The van der Waals surface area contributed by atoms with E-state index in [1.165, 1.54) is 12.5 Å².